The van der Waals surface area contributed by atoms with Crippen molar-refractivity contribution in [1.29, 1.82) is 0 Å². The molecule has 0 aromatic heterocycles. The van der Waals surface area contributed by atoms with Gasteiger partial charge in [0, 0.05) is 6.92 Å². The quantitative estimate of drug-likeness (QED) is 0.0852. The van der Waals surface area contributed by atoms with Gasteiger partial charge in [-0.15, -0.1) is 0 Å². The summed E-state index contributed by atoms with van der Waals surface area (Å²) in [4.78, 5) is 12.9. The zero-order valence-electron chi connectivity index (χ0n) is 34.1. The predicted molar refractivity (Wildman–Crippen MR) is 223 cm³/mol. The summed E-state index contributed by atoms with van der Waals surface area (Å²) in [6.45, 7) is 2.11. The van der Waals surface area contributed by atoms with E-state index in [0.29, 0.717) is 0 Å². The van der Waals surface area contributed by atoms with Gasteiger partial charge in [-0.3, -0.25) is 4.79 Å². The minimum absolute atomic E-state index is 0.0209. The molecule has 0 bridgehead atoms. The van der Waals surface area contributed by atoms with E-state index < -0.39 is 67.4 Å². The number of esters is 1. The van der Waals surface area contributed by atoms with Crippen LogP contribution in [0.2, 0.25) is 0 Å². The minimum Gasteiger partial charge on any atom is -0.454 e. The Bertz CT molecular complexity index is 1990. The van der Waals surface area contributed by atoms with Crippen molar-refractivity contribution in [3.05, 3.63) is 179 Å². The molecule has 5 aromatic carbocycles. The Morgan fingerprint density at radius 1 is 0.475 bits per heavy atom. The molecule has 2 N–H and O–H groups in total. The van der Waals surface area contributed by atoms with Crippen molar-refractivity contribution in [3.63, 3.8) is 0 Å². The van der Waals surface area contributed by atoms with Gasteiger partial charge in [0.1, 0.15) is 42.7 Å². The lowest BCUT2D eigenvalue weighted by Gasteiger charge is -2.48. The highest BCUT2D eigenvalue weighted by molar-refractivity contribution is 5.66. The van der Waals surface area contributed by atoms with Crippen LogP contribution in [0.15, 0.2) is 152 Å². The maximum absolute atomic E-state index is 12.9. The number of hydrogen-bond donors (Lipinski definition) is 2. The fourth-order valence-electron chi connectivity index (χ4n) is 7.40. The van der Waals surface area contributed by atoms with Crippen LogP contribution in [0, 0.1) is 0 Å². The SMILES string of the molecule is CC(=O)OC1C(OC2C(OCc3ccccc3)C(O)OC(COCc3ccccc3)C2OCc2ccccc2)OC(COCc2ccccc2)C(O)C1OCc1ccccc1. The average molecular weight is 835 g/mol. The second-order valence-electron chi connectivity index (χ2n) is 15.1. The van der Waals surface area contributed by atoms with E-state index in [9.17, 15) is 15.0 Å². The Balaban J connectivity index is 1.21. The van der Waals surface area contributed by atoms with E-state index in [2.05, 4.69) is 0 Å². The topological polar surface area (TPSA) is 141 Å². The van der Waals surface area contributed by atoms with Gasteiger partial charge in [0.15, 0.2) is 18.7 Å². The summed E-state index contributed by atoms with van der Waals surface area (Å²) >= 11 is 0. The standard InChI is InChI=1S/C49H54O12/c1-34(50)58-47-44(56-30-38-23-13-5-14-24-38)42(51)40(32-53-27-35-17-7-2-8-18-35)60-49(47)61-45-43(55-29-37-21-11-4-12-22-37)41(33-54-28-36-19-9-3-10-20-36)59-48(52)46(45)57-31-39-25-15-6-16-26-39/h2-26,40-49,51-52H,27-33H2,1H3. The monoisotopic (exact) mass is 834 g/mol. The van der Waals surface area contributed by atoms with Gasteiger partial charge in [-0.05, 0) is 27.8 Å². The molecule has 10 atom stereocenters. The summed E-state index contributed by atoms with van der Waals surface area (Å²) in [6.07, 6.45) is -11.6. The number of rotatable bonds is 20. The molecule has 61 heavy (non-hydrogen) atoms. The molecule has 2 aliphatic heterocycles. The number of carbonyl (C=O) groups excluding carboxylic acids is 1. The molecule has 2 heterocycles. The molecule has 322 valence electrons. The fraction of sp³-hybridized carbons (Fsp3) is 0.367. The highest BCUT2D eigenvalue weighted by Gasteiger charge is 2.54. The molecule has 0 aliphatic carbocycles. The van der Waals surface area contributed by atoms with Gasteiger partial charge in [-0.25, -0.2) is 0 Å². The summed E-state index contributed by atoms with van der Waals surface area (Å²) in [5.74, 6) is -0.644. The largest absolute Gasteiger partial charge is 0.454 e. The second-order valence-corrected chi connectivity index (χ2v) is 15.1. The van der Waals surface area contributed by atoms with Gasteiger partial charge in [-0.1, -0.05) is 152 Å². The van der Waals surface area contributed by atoms with Gasteiger partial charge >= 0.3 is 5.97 Å². The predicted octanol–water partition coefficient (Wildman–Crippen LogP) is 6.30. The van der Waals surface area contributed by atoms with Gasteiger partial charge in [0.25, 0.3) is 0 Å². The van der Waals surface area contributed by atoms with Crippen molar-refractivity contribution in [2.45, 2.75) is 101 Å². The molecule has 10 unspecified atom stereocenters. The van der Waals surface area contributed by atoms with Crippen molar-refractivity contribution in [2.75, 3.05) is 13.2 Å². The highest BCUT2D eigenvalue weighted by atomic mass is 16.7. The van der Waals surface area contributed by atoms with E-state index in [1.807, 2.05) is 152 Å². The lowest BCUT2D eigenvalue weighted by atomic mass is 9.96. The number of aliphatic hydroxyl groups is 2. The first-order chi connectivity index (χ1) is 29.9. The first-order valence-electron chi connectivity index (χ1n) is 20.6. The lowest BCUT2D eigenvalue weighted by molar-refractivity contribution is -0.369. The van der Waals surface area contributed by atoms with E-state index in [4.69, 9.17) is 42.6 Å². The molecule has 7 rings (SSSR count). The number of ether oxygens (including phenoxy) is 9. The summed E-state index contributed by atoms with van der Waals surface area (Å²) in [5.41, 5.74) is 4.47. The summed E-state index contributed by atoms with van der Waals surface area (Å²) in [5, 5.41) is 23.7. The Labute approximate surface area is 356 Å². The zero-order valence-corrected chi connectivity index (χ0v) is 34.1. The van der Waals surface area contributed by atoms with Crippen LogP contribution in [0.3, 0.4) is 0 Å². The molecule has 0 saturated carbocycles. The van der Waals surface area contributed by atoms with E-state index in [1.54, 1.807) is 0 Å². The average Bonchev–Trinajstić information content (AvgIpc) is 3.28. The van der Waals surface area contributed by atoms with Crippen LogP contribution in [-0.4, -0.2) is 90.8 Å². The maximum Gasteiger partial charge on any atom is 0.303 e. The Hall–Kier alpha value is -4.83. The molecule has 12 heteroatoms. The van der Waals surface area contributed by atoms with Crippen LogP contribution in [0.1, 0.15) is 34.7 Å². The van der Waals surface area contributed by atoms with Crippen LogP contribution in [0.5, 0.6) is 0 Å². The van der Waals surface area contributed by atoms with Crippen LogP contribution in [-0.2, 0) is 80.5 Å². The van der Waals surface area contributed by atoms with Crippen molar-refractivity contribution in [3.8, 4) is 0 Å². The van der Waals surface area contributed by atoms with Gasteiger partial charge in [0.05, 0.1) is 46.2 Å². The Kier molecular flexibility index (Phi) is 16.6. The Morgan fingerprint density at radius 3 is 1.31 bits per heavy atom. The van der Waals surface area contributed by atoms with Gasteiger partial charge < -0.3 is 52.8 Å². The third kappa shape index (κ3) is 12.9. The normalized spacial score (nSPS) is 26.4. The highest BCUT2D eigenvalue weighted by Crippen LogP contribution is 2.35. The Morgan fingerprint density at radius 2 is 0.869 bits per heavy atom. The molecular weight excluding hydrogens is 781 g/mol. The molecule has 2 aliphatic rings. The third-order valence-corrected chi connectivity index (χ3v) is 10.5. The number of hydrogen-bond acceptors (Lipinski definition) is 12. The van der Waals surface area contributed by atoms with E-state index >= 15 is 0 Å². The zero-order chi connectivity index (χ0) is 42.2. The summed E-state index contributed by atoms with van der Waals surface area (Å²) in [7, 11) is 0. The van der Waals surface area contributed by atoms with Crippen molar-refractivity contribution < 1.29 is 57.6 Å². The van der Waals surface area contributed by atoms with Crippen molar-refractivity contribution in [1.82, 2.24) is 0 Å². The minimum atomic E-state index is -1.51. The molecule has 2 saturated heterocycles. The molecule has 0 amide bonds. The fourth-order valence-corrected chi connectivity index (χ4v) is 7.40. The molecular formula is C49H54O12. The first-order valence-corrected chi connectivity index (χ1v) is 20.6. The van der Waals surface area contributed by atoms with E-state index in [1.165, 1.54) is 6.92 Å². The van der Waals surface area contributed by atoms with Crippen LogP contribution >= 0.6 is 0 Å². The first kappa shape index (κ1) is 44.2. The molecule has 5 aromatic rings. The van der Waals surface area contributed by atoms with Crippen molar-refractivity contribution in [2.24, 2.45) is 0 Å². The third-order valence-electron chi connectivity index (χ3n) is 10.5. The van der Waals surface area contributed by atoms with E-state index in [-0.39, 0.29) is 46.2 Å². The van der Waals surface area contributed by atoms with Crippen molar-refractivity contribution >= 4 is 5.97 Å². The summed E-state index contributed by atoms with van der Waals surface area (Å²) in [6, 6.07) is 48.0. The molecule has 0 spiro atoms. The lowest BCUT2D eigenvalue weighted by Crippen LogP contribution is -2.66. The van der Waals surface area contributed by atoms with Gasteiger partial charge in [0.2, 0.25) is 0 Å². The molecule has 12 nitrogen and oxygen atoms in total. The number of carbonyl (C=O) groups is 1. The van der Waals surface area contributed by atoms with Crippen LogP contribution in [0.25, 0.3) is 0 Å². The maximum atomic E-state index is 12.9. The smallest absolute Gasteiger partial charge is 0.303 e. The van der Waals surface area contributed by atoms with Crippen LogP contribution < -0.4 is 0 Å². The number of benzene rings is 5. The van der Waals surface area contributed by atoms with Gasteiger partial charge in [-0.2, -0.15) is 0 Å². The summed E-state index contributed by atoms with van der Waals surface area (Å²) < 4.78 is 57.5. The number of aliphatic hydroxyl groups excluding tert-OH is 2. The second kappa shape index (κ2) is 22.9. The van der Waals surface area contributed by atoms with E-state index in [0.717, 1.165) is 27.8 Å². The molecule has 0 radical (unpaired) electrons. The van der Waals surface area contributed by atoms with Crippen LogP contribution in [0.4, 0.5) is 0 Å². The molecule has 2 fully saturated rings.